The van der Waals surface area contributed by atoms with Crippen LogP contribution in [0.1, 0.15) is 36.7 Å². The Morgan fingerprint density at radius 3 is 2.61 bits per heavy atom. The van der Waals surface area contributed by atoms with Crippen molar-refractivity contribution in [2.24, 2.45) is 0 Å². The van der Waals surface area contributed by atoms with E-state index in [4.69, 9.17) is 9.15 Å². The van der Waals surface area contributed by atoms with E-state index in [1.807, 2.05) is 24.3 Å². The molecular formula is C16H20O2. The van der Waals surface area contributed by atoms with Gasteiger partial charge in [-0.2, -0.15) is 0 Å². The summed E-state index contributed by atoms with van der Waals surface area (Å²) in [7, 11) is 0. The highest BCUT2D eigenvalue weighted by molar-refractivity contribution is 5.20. The van der Waals surface area contributed by atoms with Gasteiger partial charge in [-0.05, 0) is 23.6 Å². The summed E-state index contributed by atoms with van der Waals surface area (Å²) >= 11 is 0. The summed E-state index contributed by atoms with van der Waals surface area (Å²) in [5, 5.41) is 0. The zero-order valence-electron chi connectivity index (χ0n) is 11.1. The molecule has 0 fully saturated rings. The first-order valence-electron chi connectivity index (χ1n) is 6.45. The Morgan fingerprint density at radius 2 is 1.89 bits per heavy atom. The van der Waals surface area contributed by atoms with Crippen molar-refractivity contribution in [3.63, 3.8) is 0 Å². The third-order valence-corrected chi connectivity index (χ3v) is 2.93. The third kappa shape index (κ3) is 3.47. The molecular weight excluding hydrogens is 224 g/mol. The molecule has 96 valence electrons. The van der Waals surface area contributed by atoms with Crippen molar-refractivity contribution in [1.82, 2.24) is 0 Å². The lowest BCUT2D eigenvalue weighted by molar-refractivity contribution is 0.123. The molecule has 0 N–H and O–H groups in total. The Kier molecular flexibility index (Phi) is 4.59. The molecule has 0 saturated heterocycles. The molecule has 2 heteroatoms. The van der Waals surface area contributed by atoms with E-state index < -0.39 is 0 Å². The molecule has 0 atom stereocenters. The Hall–Kier alpha value is -1.54. The smallest absolute Gasteiger partial charge is 0.109 e. The van der Waals surface area contributed by atoms with E-state index in [2.05, 4.69) is 26.0 Å². The topological polar surface area (TPSA) is 22.4 Å². The summed E-state index contributed by atoms with van der Waals surface area (Å²) in [5.74, 6) is 1.52. The molecule has 2 aromatic rings. The fourth-order valence-corrected chi connectivity index (χ4v) is 2.01. The first-order chi connectivity index (χ1) is 8.77. The molecule has 0 aliphatic carbocycles. The van der Waals surface area contributed by atoms with Crippen LogP contribution in [0.5, 0.6) is 0 Å². The Balaban J connectivity index is 1.77. The monoisotopic (exact) mass is 244 g/mol. The van der Waals surface area contributed by atoms with E-state index in [1.54, 1.807) is 6.26 Å². The van der Waals surface area contributed by atoms with Gasteiger partial charge in [0.25, 0.3) is 0 Å². The first kappa shape index (κ1) is 12.9. The van der Waals surface area contributed by atoms with Gasteiger partial charge in [-0.1, -0.05) is 44.2 Å². The second kappa shape index (κ2) is 6.41. The number of rotatable bonds is 6. The molecule has 2 nitrogen and oxygen atoms in total. The van der Waals surface area contributed by atoms with Crippen LogP contribution >= 0.6 is 0 Å². The lowest BCUT2D eigenvalue weighted by atomic mass is 10.1. The lowest BCUT2D eigenvalue weighted by Gasteiger charge is -2.06. The zero-order chi connectivity index (χ0) is 12.8. The van der Waals surface area contributed by atoms with Crippen LogP contribution in [0, 0.1) is 0 Å². The fraction of sp³-hybridized carbons (Fsp3) is 0.375. The van der Waals surface area contributed by atoms with Crippen LogP contribution in [0.3, 0.4) is 0 Å². The molecule has 0 spiro atoms. The summed E-state index contributed by atoms with van der Waals surface area (Å²) in [6, 6.07) is 12.3. The second-order valence-corrected chi connectivity index (χ2v) is 4.75. The van der Waals surface area contributed by atoms with Gasteiger partial charge in [0.1, 0.15) is 5.76 Å². The molecule has 1 aromatic heterocycles. The zero-order valence-corrected chi connectivity index (χ0v) is 11.1. The summed E-state index contributed by atoms with van der Waals surface area (Å²) in [6.45, 7) is 5.70. The van der Waals surface area contributed by atoms with Crippen molar-refractivity contribution in [1.29, 1.82) is 0 Å². The van der Waals surface area contributed by atoms with E-state index in [1.165, 1.54) is 11.1 Å². The minimum atomic E-state index is 0.434. The average Bonchev–Trinajstić information content (AvgIpc) is 2.84. The van der Waals surface area contributed by atoms with Gasteiger partial charge in [0.15, 0.2) is 0 Å². The Bertz CT molecular complexity index is 457. The van der Waals surface area contributed by atoms with E-state index in [-0.39, 0.29) is 0 Å². The van der Waals surface area contributed by atoms with Crippen molar-refractivity contribution >= 4 is 0 Å². The van der Waals surface area contributed by atoms with Gasteiger partial charge < -0.3 is 9.15 Å². The summed E-state index contributed by atoms with van der Waals surface area (Å²) < 4.78 is 11.2. The maximum absolute atomic E-state index is 5.69. The first-order valence-corrected chi connectivity index (χ1v) is 6.45. The predicted octanol–water partition coefficient (Wildman–Crippen LogP) is 4.16. The van der Waals surface area contributed by atoms with Gasteiger partial charge >= 0.3 is 0 Å². The number of benzene rings is 1. The molecule has 0 radical (unpaired) electrons. The van der Waals surface area contributed by atoms with Crippen LogP contribution in [0.4, 0.5) is 0 Å². The second-order valence-electron chi connectivity index (χ2n) is 4.75. The van der Waals surface area contributed by atoms with Gasteiger partial charge in [0.05, 0.1) is 19.5 Å². The normalized spacial score (nSPS) is 11.1. The van der Waals surface area contributed by atoms with Crippen LogP contribution in [0.25, 0.3) is 0 Å². The Morgan fingerprint density at radius 1 is 1.11 bits per heavy atom. The maximum Gasteiger partial charge on any atom is 0.109 e. The number of hydrogen-bond acceptors (Lipinski definition) is 2. The molecule has 0 unspecified atom stereocenters. The molecule has 0 amide bonds. The molecule has 18 heavy (non-hydrogen) atoms. The van der Waals surface area contributed by atoms with Gasteiger partial charge in [-0.15, -0.1) is 0 Å². The number of ether oxygens (including phenoxy) is 1. The molecule has 0 saturated carbocycles. The molecule has 1 aromatic carbocycles. The van der Waals surface area contributed by atoms with Crippen molar-refractivity contribution in [2.75, 3.05) is 6.61 Å². The van der Waals surface area contributed by atoms with E-state index in [0.29, 0.717) is 12.5 Å². The van der Waals surface area contributed by atoms with Crippen LogP contribution in [0.2, 0.25) is 0 Å². The highest BCUT2D eigenvalue weighted by atomic mass is 16.5. The minimum Gasteiger partial charge on any atom is -0.469 e. The Labute approximate surface area is 109 Å². The largest absolute Gasteiger partial charge is 0.469 e. The van der Waals surface area contributed by atoms with Crippen LogP contribution in [-0.2, 0) is 17.8 Å². The van der Waals surface area contributed by atoms with E-state index in [9.17, 15) is 0 Å². The lowest BCUT2D eigenvalue weighted by Crippen LogP contribution is -2.01. The molecule has 2 rings (SSSR count). The number of furan rings is 1. The standard InChI is InChI=1S/C16H20O2/c1-13(2)16-15(9-11-18-16)8-10-17-12-14-6-4-3-5-7-14/h3-7,9,11,13H,8,10,12H2,1-2H3. The molecule has 0 aliphatic rings. The van der Waals surface area contributed by atoms with Crippen LogP contribution < -0.4 is 0 Å². The minimum absolute atomic E-state index is 0.434. The van der Waals surface area contributed by atoms with Crippen LogP contribution in [0.15, 0.2) is 47.1 Å². The van der Waals surface area contributed by atoms with Gasteiger partial charge in [0.2, 0.25) is 0 Å². The van der Waals surface area contributed by atoms with Crippen molar-refractivity contribution < 1.29 is 9.15 Å². The van der Waals surface area contributed by atoms with Gasteiger partial charge in [-0.25, -0.2) is 0 Å². The highest BCUT2D eigenvalue weighted by Gasteiger charge is 2.09. The molecule has 0 aliphatic heterocycles. The van der Waals surface area contributed by atoms with E-state index >= 15 is 0 Å². The van der Waals surface area contributed by atoms with Crippen LogP contribution in [-0.4, -0.2) is 6.61 Å². The summed E-state index contributed by atoms with van der Waals surface area (Å²) in [4.78, 5) is 0. The SMILES string of the molecule is CC(C)c1occc1CCOCc1ccccc1. The molecule has 0 bridgehead atoms. The van der Waals surface area contributed by atoms with Gasteiger partial charge in [-0.3, -0.25) is 0 Å². The highest BCUT2D eigenvalue weighted by Crippen LogP contribution is 2.20. The van der Waals surface area contributed by atoms with Gasteiger partial charge in [0, 0.05) is 5.92 Å². The van der Waals surface area contributed by atoms with Crippen molar-refractivity contribution in [3.8, 4) is 0 Å². The summed E-state index contributed by atoms with van der Waals surface area (Å²) in [5.41, 5.74) is 2.48. The molecule has 1 heterocycles. The number of hydrogen-bond donors (Lipinski definition) is 0. The summed E-state index contributed by atoms with van der Waals surface area (Å²) in [6.07, 6.45) is 2.68. The third-order valence-electron chi connectivity index (χ3n) is 2.93. The average molecular weight is 244 g/mol. The van der Waals surface area contributed by atoms with Crippen molar-refractivity contribution in [3.05, 3.63) is 59.5 Å². The predicted molar refractivity (Wildman–Crippen MR) is 72.6 cm³/mol. The van der Waals surface area contributed by atoms with Crippen molar-refractivity contribution in [2.45, 2.75) is 32.8 Å². The maximum atomic E-state index is 5.69. The fourth-order valence-electron chi connectivity index (χ4n) is 2.01. The van der Waals surface area contributed by atoms with E-state index in [0.717, 1.165) is 18.8 Å². The quantitative estimate of drug-likeness (QED) is 0.712.